The molecule has 0 aromatic rings. The van der Waals surface area contributed by atoms with Gasteiger partial charge in [-0.25, -0.2) is 0 Å². The number of rotatable bonds is 1. The first-order valence-electron chi connectivity index (χ1n) is 3.69. The summed E-state index contributed by atoms with van der Waals surface area (Å²) < 4.78 is 5.21. The minimum atomic E-state index is 0.295. The molecule has 60 valence electrons. The van der Waals surface area contributed by atoms with E-state index in [0.29, 0.717) is 12.1 Å². The van der Waals surface area contributed by atoms with E-state index in [-0.39, 0.29) is 0 Å². The van der Waals surface area contributed by atoms with Gasteiger partial charge >= 0.3 is 0 Å². The Balaban J connectivity index is 2.35. The highest BCUT2D eigenvalue weighted by Crippen LogP contribution is 2.09. The van der Waals surface area contributed by atoms with Crippen LogP contribution in [0.5, 0.6) is 0 Å². The van der Waals surface area contributed by atoms with Crippen LogP contribution in [0.2, 0.25) is 0 Å². The third kappa shape index (κ3) is 1.94. The van der Waals surface area contributed by atoms with Gasteiger partial charge in [0.2, 0.25) is 0 Å². The van der Waals surface area contributed by atoms with Crippen molar-refractivity contribution in [2.24, 2.45) is 5.73 Å². The van der Waals surface area contributed by atoms with E-state index >= 15 is 0 Å². The largest absolute Gasteiger partial charge is 0.380 e. The minimum Gasteiger partial charge on any atom is -0.380 e. The van der Waals surface area contributed by atoms with Crippen molar-refractivity contribution in [2.45, 2.75) is 18.6 Å². The zero-order valence-corrected chi connectivity index (χ0v) is 6.71. The second-order valence-electron chi connectivity index (χ2n) is 3.07. The fourth-order valence-electron chi connectivity index (χ4n) is 1.48. The molecule has 0 saturated carbocycles. The summed E-state index contributed by atoms with van der Waals surface area (Å²) in [5.74, 6) is 0. The van der Waals surface area contributed by atoms with Crippen molar-refractivity contribution >= 4 is 0 Å². The van der Waals surface area contributed by atoms with E-state index in [4.69, 9.17) is 10.5 Å². The van der Waals surface area contributed by atoms with Crippen molar-refractivity contribution in [1.29, 1.82) is 0 Å². The van der Waals surface area contributed by atoms with Crippen LogP contribution in [-0.4, -0.2) is 44.3 Å². The molecule has 2 N–H and O–H groups in total. The lowest BCUT2D eigenvalue weighted by Gasteiger charge is -2.32. The van der Waals surface area contributed by atoms with Crippen molar-refractivity contribution in [3.05, 3.63) is 0 Å². The number of ether oxygens (including phenoxy) is 1. The van der Waals surface area contributed by atoms with Crippen LogP contribution in [0.1, 0.15) is 6.42 Å². The van der Waals surface area contributed by atoms with Crippen molar-refractivity contribution in [2.75, 3.05) is 27.2 Å². The maximum Gasteiger partial charge on any atom is 0.0713 e. The highest BCUT2D eigenvalue weighted by atomic mass is 16.5. The molecule has 1 rings (SSSR count). The molecule has 0 aromatic carbocycles. The van der Waals surface area contributed by atoms with Gasteiger partial charge in [0.1, 0.15) is 0 Å². The summed E-state index contributed by atoms with van der Waals surface area (Å²) in [5.41, 5.74) is 5.77. The molecule has 1 aliphatic heterocycles. The Kier molecular flexibility index (Phi) is 2.65. The quantitative estimate of drug-likeness (QED) is 0.547. The Bertz CT molecular complexity index is 97.8. The van der Waals surface area contributed by atoms with Crippen molar-refractivity contribution < 1.29 is 4.74 Å². The van der Waals surface area contributed by atoms with Gasteiger partial charge in [0, 0.05) is 26.2 Å². The number of hydrogen-bond acceptors (Lipinski definition) is 3. The van der Waals surface area contributed by atoms with Gasteiger partial charge in [-0.2, -0.15) is 0 Å². The topological polar surface area (TPSA) is 38.5 Å². The summed E-state index contributed by atoms with van der Waals surface area (Å²) in [5, 5.41) is 0. The number of nitrogens with zero attached hydrogens (tertiary/aromatic N) is 1. The number of nitrogens with two attached hydrogens (primary N) is 1. The lowest BCUT2D eigenvalue weighted by molar-refractivity contribution is 0.0330. The van der Waals surface area contributed by atoms with Gasteiger partial charge in [0.05, 0.1) is 6.10 Å². The van der Waals surface area contributed by atoms with Gasteiger partial charge in [-0.3, -0.25) is 0 Å². The van der Waals surface area contributed by atoms with Crippen LogP contribution in [0.4, 0.5) is 0 Å². The number of likely N-dealkylation sites (tertiary alicyclic amines) is 1. The lowest BCUT2D eigenvalue weighted by Crippen LogP contribution is -2.47. The third-order valence-electron chi connectivity index (χ3n) is 1.96. The average Bonchev–Trinajstić information content (AvgIpc) is 1.85. The predicted octanol–water partition coefficient (Wildman–Crippen LogP) is -0.336. The van der Waals surface area contributed by atoms with Crippen LogP contribution in [0, 0.1) is 0 Å². The van der Waals surface area contributed by atoms with Crippen LogP contribution in [0.15, 0.2) is 0 Å². The molecule has 2 unspecified atom stereocenters. The number of piperidine rings is 1. The highest BCUT2D eigenvalue weighted by molar-refractivity contribution is 4.79. The SMILES string of the molecule is COC1CC(N)CN(C)C1. The predicted molar refractivity (Wildman–Crippen MR) is 40.9 cm³/mol. The second-order valence-corrected chi connectivity index (χ2v) is 3.07. The van der Waals surface area contributed by atoms with Gasteiger partial charge in [0.25, 0.3) is 0 Å². The molecule has 2 atom stereocenters. The second kappa shape index (κ2) is 3.32. The van der Waals surface area contributed by atoms with Crippen LogP contribution in [0.25, 0.3) is 0 Å². The summed E-state index contributed by atoms with van der Waals surface area (Å²) in [4.78, 5) is 2.21. The monoisotopic (exact) mass is 144 g/mol. The molecule has 1 saturated heterocycles. The number of likely N-dealkylation sites (N-methyl/N-ethyl adjacent to an activating group) is 1. The average molecular weight is 144 g/mol. The maximum absolute atomic E-state index is 5.77. The van der Waals surface area contributed by atoms with Crippen LogP contribution in [-0.2, 0) is 4.74 Å². The van der Waals surface area contributed by atoms with Crippen LogP contribution < -0.4 is 5.73 Å². The zero-order chi connectivity index (χ0) is 7.56. The molecule has 0 spiro atoms. The molecular formula is C7H16N2O. The molecule has 10 heavy (non-hydrogen) atoms. The zero-order valence-electron chi connectivity index (χ0n) is 6.71. The van der Waals surface area contributed by atoms with Crippen molar-refractivity contribution in [3.8, 4) is 0 Å². The summed E-state index contributed by atoms with van der Waals surface area (Å²) in [6.45, 7) is 2.02. The molecule has 1 fully saturated rings. The van der Waals surface area contributed by atoms with Gasteiger partial charge in [-0.15, -0.1) is 0 Å². The first-order valence-corrected chi connectivity index (χ1v) is 3.69. The molecule has 3 nitrogen and oxygen atoms in total. The van der Waals surface area contributed by atoms with Gasteiger partial charge in [-0.05, 0) is 13.5 Å². The summed E-state index contributed by atoms with van der Waals surface area (Å²) in [6, 6.07) is 0.295. The molecule has 1 aliphatic rings. The van der Waals surface area contributed by atoms with E-state index in [2.05, 4.69) is 11.9 Å². The number of methoxy groups -OCH3 is 1. The van der Waals surface area contributed by atoms with Crippen LogP contribution in [0.3, 0.4) is 0 Å². The summed E-state index contributed by atoms with van der Waals surface area (Å²) in [6.07, 6.45) is 1.34. The normalized spacial score (nSPS) is 36.3. The summed E-state index contributed by atoms with van der Waals surface area (Å²) >= 11 is 0. The molecule has 3 heteroatoms. The molecule has 0 aromatic heterocycles. The van der Waals surface area contributed by atoms with Crippen molar-refractivity contribution in [1.82, 2.24) is 4.90 Å². The molecule has 0 amide bonds. The Hall–Kier alpha value is -0.120. The minimum absolute atomic E-state index is 0.295. The molecule has 0 radical (unpaired) electrons. The standard InChI is InChI=1S/C7H16N2O/c1-9-4-6(8)3-7(5-9)10-2/h6-7H,3-5,8H2,1-2H3. The van der Waals surface area contributed by atoms with E-state index in [9.17, 15) is 0 Å². The smallest absolute Gasteiger partial charge is 0.0713 e. The van der Waals surface area contributed by atoms with Gasteiger partial charge in [0.15, 0.2) is 0 Å². The fraction of sp³-hybridized carbons (Fsp3) is 1.00. The van der Waals surface area contributed by atoms with Gasteiger partial charge in [-0.1, -0.05) is 0 Å². The van der Waals surface area contributed by atoms with E-state index in [0.717, 1.165) is 19.5 Å². The Morgan fingerprint density at radius 1 is 1.50 bits per heavy atom. The van der Waals surface area contributed by atoms with Crippen molar-refractivity contribution in [3.63, 3.8) is 0 Å². The molecule has 0 aliphatic carbocycles. The van der Waals surface area contributed by atoms with E-state index in [1.807, 2.05) is 0 Å². The third-order valence-corrected chi connectivity index (χ3v) is 1.96. The van der Waals surface area contributed by atoms with Crippen LogP contribution >= 0.6 is 0 Å². The Morgan fingerprint density at radius 3 is 2.70 bits per heavy atom. The lowest BCUT2D eigenvalue weighted by atomic mass is 10.1. The fourth-order valence-corrected chi connectivity index (χ4v) is 1.48. The molecular weight excluding hydrogens is 128 g/mol. The molecule has 1 heterocycles. The molecule has 0 bridgehead atoms. The summed E-state index contributed by atoms with van der Waals surface area (Å²) in [7, 11) is 3.82. The number of hydrogen-bond donors (Lipinski definition) is 1. The first-order chi connectivity index (χ1) is 4.72. The Labute approximate surface area is 62.1 Å². The first kappa shape index (κ1) is 7.98. The van der Waals surface area contributed by atoms with E-state index in [1.54, 1.807) is 7.11 Å². The van der Waals surface area contributed by atoms with Gasteiger partial charge < -0.3 is 15.4 Å². The van der Waals surface area contributed by atoms with E-state index < -0.39 is 0 Å². The Morgan fingerprint density at radius 2 is 2.20 bits per heavy atom. The highest BCUT2D eigenvalue weighted by Gasteiger charge is 2.21. The maximum atomic E-state index is 5.77. The van der Waals surface area contributed by atoms with E-state index in [1.165, 1.54) is 0 Å².